The van der Waals surface area contributed by atoms with E-state index in [-0.39, 0.29) is 29.0 Å². The highest BCUT2D eigenvalue weighted by molar-refractivity contribution is 7.89. The normalized spacial score (nSPS) is 20.1. The monoisotopic (exact) mass is 528 g/mol. The van der Waals surface area contributed by atoms with Crippen LogP contribution < -0.4 is 0 Å². The molecule has 0 saturated carbocycles. The summed E-state index contributed by atoms with van der Waals surface area (Å²) < 4.78 is 34.5. The summed E-state index contributed by atoms with van der Waals surface area (Å²) in [7, 11) is -3.88. The number of carbonyl (C=O) groups is 1. The van der Waals surface area contributed by atoms with Crippen molar-refractivity contribution < 1.29 is 17.7 Å². The Bertz CT molecular complexity index is 1240. The maximum atomic E-state index is 13.8. The minimum atomic E-state index is -3.88. The summed E-state index contributed by atoms with van der Waals surface area (Å²) in [6.45, 7) is 14.8. The molecule has 202 valence electrons. The number of benzene rings is 1. The maximum Gasteiger partial charge on any atom is 0.248 e. The van der Waals surface area contributed by atoms with Crippen molar-refractivity contribution >= 4 is 28.1 Å². The van der Waals surface area contributed by atoms with Gasteiger partial charge in [0.25, 0.3) is 0 Å². The maximum absolute atomic E-state index is 13.8. The van der Waals surface area contributed by atoms with Crippen molar-refractivity contribution in [3.05, 3.63) is 45.8 Å². The van der Waals surface area contributed by atoms with E-state index in [0.717, 1.165) is 42.7 Å². The number of aromatic nitrogens is 1. The molecular weight excluding hydrogens is 488 g/mol. The predicted molar refractivity (Wildman–Crippen MR) is 146 cm³/mol. The van der Waals surface area contributed by atoms with Crippen molar-refractivity contribution in [1.29, 1.82) is 0 Å². The summed E-state index contributed by atoms with van der Waals surface area (Å²) in [5.41, 5.74) is 4.77. The third kappa shape index (κ3) is 5.99. The second kappa shape index (κ2) is 11.5. The standard InChI is InChI=1S/C28H40N4O4S/c1-6-11-30-13-15-31(16-14-30)28(33)24-8-7-12-32(19-24)37(34,35)27-23(5)29-36-26(27)10-9-25-21(3)17-20(2)18-22(25)4/h9-10,17-18,24H,6-8,11-16,19H2,1-5H3. The SMILES string of the molecule is CCCN1CCN(C(=O)C2CCCN(S(=O)(=O)c3c(C)noc3C=Cc3c(C)cc(C)cc3C)C2)CC1. The number of piperidine rings is 1. The Balaban J connectivity index is 1.51. The van der Waals surface area contributed by atoms with Crippen molar-refractivity contribution in [1.82, 2.24) is 19.3 Å². The van der Waals surface area contributed by atoms with Gasteiger partial charge < -0.3 is 9.42 Å². The number of aryl methyl sites for hydroxylation is 4. The molecule has 1 aromatic carbocycles. The van der Waals surface area contributed by atoms with Gasteiger partial charge in [-0.1, -0.05) is 35.9 Å². The lowest BCUT2D eigenvalue weighted by atomic mass is 9.98. The van der Waals surface area contributed by atoms with Gasteiger partial charge in [-0.15, -0.1) is 0 Å². The molecule has 9 heteroatoms. The number of sulfonamides is 1. The first-order chi connectivity index (χ1) is 17.6. The van der Waals surface area contributed by atoms with E-state index in [0.29, 0.717) is 38.2 Å². The molecule has 8 nitrogen and oxygen atoms in total. The zero-order valence-electron chi connectivity index (χ0n) is 22.8. The highest BCUT2D eigenvalue weighted by Gasteiger charge is 2.38. The van der Waals surface area contributed by atoms with Crippen LogP contribution in [-0.4, -0.2) is 79.4 Å². The first-order valence-electron chi connectivity index (χ1n) is 13.3. The van der Waals surface area contributed by atoms with E-state index in [9.17, 15) is 13.2 Å². The van der Waals surface area contributed by atoms with Crippen molar-refractivity contribution in [3.8, 4) is 0 Å². The van der Waals surface area contributed by atoms with E-state index in [1.54, 1.807) is 13.0 Å². The number of piperazine rings is 1. The highest BCUT2D eigenvalue weighted by Crippen LogP contribution is 2.30. The molecule has 0 radical (unpaired) electrons. The molecule has 4 rings (SSSR count). The molecule has 2 aliphatic heterocycles. The number of hydrogen-bond acceptors (Lipinski definition) is 6. The van der Waals surface area contributed by atoms with E-state index in [4.69, 9.17) is 4.52 Å². The van der Waals surface area contributed by atoms with E-state index in [1.807, 2.05) is 24.8 Å². The molecule has 0 N–H and O–H groups in total. The van der Waals surface area contributed by atoms with Gasteiger partial charge >= 0.3 is 0 Å². The van der Waals surface area contributed by atoms with Gasteiger partial charge in [-0.2, -0.15) is 4.31 Å². The van der Waals surface area contributed by atoms with Gasteiger partial charge in [0, 0.05) is 39.3 Å². The molecule has 2 aliphatic rings. The number of amides is 1. The Kier molecular flexibility index (Phi) is 8.56. The molecule has 2 saturated heterocycles. The minimum Gasteiger partial charge on any atom is -0.355 e. The van der Waals surface area contributed by atoms with Crippen LogP contribution >= 0.6 is 0 Å². The molecule has 0 aliphatic carbocycles. The zero-order chi connectivity index (χ0) is 26.7. The zero-order valence-corrected chi connectivity index (χ0v) is 23.6. The topological polar surface area (TPSA) is 87.0 Å². The second-order valence-electron chi connectivity index (χ2n) is 10.5. The molecule has 2 aromatic rings. The van der Waals surface area contributed by atoms with Gasteiger partial charge in [-0.25, -0.2) is 8.42 Å². The van der Waals surface area contributed by atoms with Crippen LogP contribution in [0.25, 0.3) is 12.2 Å². The van der Waals surface area contributed by atoms with Gasteiger partial charge in [0.15, 0.2) is 10.7 Å². The smallest absolute Gasteiger partial charge is 0.248 e. The van der Waals surface area contributed by atoms with Crippen molar-refractivity contribution in [3.63, 3.8) is 0 Å². The molecule has 2 fully saturated rings. The summed E-state index contributed by atoms with van der Waals surface area (Å²) >= 11 is 0. The quantitative estimate of drug-likeness (QED) is 0.539. The van der Waals surface area contributed by atoms with Crippen LogP contribution in [0.15, 0.2) is 21.6 Å². The number of hydrogen-bond donors (Lipinski definition) is 0. The van der Waals surface area contributed by atoms with Gasteiger partial charge in [0.2, 0.25) is 15.9 Å². The summed E-state index contributed by atoms with van der Waals surface area (Å²) in [4.78, 5) is 17.7. The van der Waals surface area contributed by atoms with Crippen LogP contribution in [0.3, 0.4) is 0 Å². The first kappa shape index (κ1) is 27.5. The van der Waals surface area contributed by atoms with Crippen molar-refractivity contribution in [2.75, 3.05) is 45.8 Å². The van der Waals surface area contributed by atoms with Gasteiger partial charge in [-0.05, 0) is 76.3 Å². The van der Waals surface area contributed by atoms with E-state index in [1.165, 1.54) is 9.87 Å². The van der Waals surface area contributed by atoms with Crippen LogP contribution in [0.2, 0.25) is 0 Å². The largest absolute Gasteiger partial charge is 0.355 e. The fourth-order valence-electron chi connectivity index (χ4n) is 5.67. The lowest BCUT2D eigenvalue weighted by Gasteiger charge is -2.38. The average molecular weight is 529 g/mol. The predicted octanol–water partition coefficient (Wildman–Crippen LogP) is 4.03. The minimum absolute atomic E-state index is 0.0727. The Morgan fingerprint density at radius 2 is 1.73 bits per heavy atom. The summed E-state index contributed by atoms with van der Waals surface area (Å²) in [6, 6.07) is 4.20. The number of nitrogens with zero attached hydrogens (tertiary/aromatic N) is 4. The third-order valence-corrected chi connectivity index (χ3v) is 9.55. The fourth-order valence-corrected chi connectivity index (χ4v) is 7.44. The fraction of sp³-hybridized carbons (Fsp3) is 0.571. The summed E-state index contributed by atoms with van der Waals surface area (Å²) in [6.07, 6.45) is 6.06. The van der Waals surface area contributed by atoms with Crippen molar-refractivity contribution in [2.24, 2.45) is 5.92 Å². The Labute approximate surface area is 221 Å². The highest BCUT2D eigenvalue weighted by atomic mass is 32.2. The molecule has 37 heavy (non-hydrogen) atoms. The lowest BCUT2D eigenvalue weighted by molar-refractivity contribution is -0.138. The van der Waals surface area contributed by atoms with Gasteiger partial charge in [0.1, 0.15) is 5.69 Å². The average Bonchev–Trinajstić information content (AvgIpc) is 3.24. The van der Waals surface area contributed by atoms with E-state index in [2.05, 4.69) is 36.0 Å². The van der Waals surface area contributed by atoms with Crippen LogP contribution in [0, 0.1) is 33.6 Å². The molecule has 3 heterocycles. The molecule has 0 bridgehead atoms. The summed E-state index contributed by atoms with van der Waals surface area (Å²) in [5.74, 6) is -0.0285. The second-order valence-corrected chi connectivity index (χ2v) is 12.4. The number of carbonyl (C=O) groups excluding carboxylic acids is 1. The van der Waals surface area contributed by atoms with E-state index < -0.39 is 10.0 Å². The molecule has 1 atom stereocenters. The third-order valence-electron chi connectivity index (χ3n) is 7.53. The molecule has 1 amide bonds. The van der Waals surface area contributed by atoms with E-state index >= 15 is 0 Å². The molecule has 0 spiro atoms. The molecule has 1 aromatic heterocycles. The Morgan fingerprint density at radius 1 is 1.05 bits per heavy atom. The number of rotatable bonds is 7. The van der Waals surface area contributed by atoms with Crippen LogP contribution in [-0.2, 0) is 14.8 Å². The van der Waals surface area contributed by atoms with Crippen LogP contribution in [0.1, 0.15) is 59.9 Å². The molecule has 1 unspecified atom stereocenters. The van der Waals surface area contributed by atoms with Crippen LogP contribution in [0.4, 0.5) is 0 Å². The van der Waals surface area contributed by atoms with Gasteiger partial charge in [-0.3, -0.25) is 9.69 Å². The Morgan fingerprint density at radius 3 is 2.38 bits per heavy atom. The van der Waals surface area contributed by atoms with Crippen molar-refractivity contribution in [2.45, 2.75) is 58.8 Å². The van der Waals surface area contributed by atoms with Gasteiger partial charge in [0.05, 0.1) is 5.92 Å². The molecular formula is C28H40N4O4S. The first-order valence-corrected chi connectivity index (χ1v) is 14.8. The Hall–Kier alpha value is -2.49. The van der Waals surface area contributed by atoms with Crippen LogP contribution in [0.5, 0.6) is 0 Å². The lowest BCUT2D eigenvalue weighted by Crippen LogP contribution is -2.53. The summed E-state index contributed by atoms with van der Waals surface area (Å²) in [5, 5.41) is 3.99.